The monoisotopic (exact) mass is 401 g/mol. The van der Waals surface area contributed by atoms with Gasteiger partial charge in [0, 0.05) is 16.6 Å². The van der Waals surface area contributed by atoms with Crippen LogP contribution in [0.15, 0.2) is 48.5 Å². The average Bonchev–Trinajstić information content (AvgIpc) is 2.96. The van der Waals surface area contributed by atoms with Gasteiger partial charge in [0.15, 0.2) is 0 Å². The van der Waals surface area contributed by atoms with E-state index < -0.39 is 22.1 Å². The van der Waals surface area contributed by atoms with Crippen LogP contribution in [0.4, 0.5) is 0 Å². The molecule has 0 radical (unpaired) electrons. The van der Waals surface area contributed by atoms with Crippen molar-refractivity contribution < 1.29 is 26.9 Å². The molecule has 0 fully saturated rings. The Labute approximate surface area is 162 Å². The largest absolute Gasteiger partial charge is 0.386 e. The van der Waals surface area contributed by atoms with Crippen LogP contribution >= 0.6 is 0 Å². The van der Waals surface area contributed by atoms with Crippen LogP contribution in [0.25, 0.3) is 10.9 Å². The van der Waals surface area contributed by atoms with E-state index in [2.05, 4.69) is 4.98 Å². The van der Waals surface area contributed by atoms with Crippen molar-refractivity contribution in [2.75, 3.05) is 12.9 Å². The molecule has 0 atom stereocenters. The number of H-pyrrole nitrogens is 1. The summed E-state index contributed by atoms with van der Waals surface area (Å²) in [4.78, 5) is 27.9. The molecule has 0 aliphatic rings. The lowest BCUT2D eigenvalue weighted by molar-refractivity contribution is 0.0399. The molecule has 3 rings (SSSR count). The molecule has 0 aliphatic heterocycles. The third-order valence-electron chi connectivity index (χ3n) is 4.14. The van der Waals surface area contributed by atoms with Crippen LogP contribution in [0.5, 0.6) is 0 Å². The molecule has 0 unspecified atom stereocenters. The second kappa shape index (κ2) is 7.95. The maximum absolute atomic E-state index is 12.6. The highest BCUT2D eigenvalue weighted by molar-refractivity contribution is 7.85. The third-order valence-corrected chi connectivity index (χ3v) is 4.73. The summed E-state index contributed by atoms with van der Waals surface area (Å²) in [6.07, 6.45) is 1.34. The zero-order valence-corrected chi connectivity index (χ0v) is 16.2. The van der Waals surface area contributed by atoms with E-state index in [1.165, 1.54) is 0 Å². The Morgan fingerprint density at radius 2 is 1.75 bits per heavy atom. The third kappa shape index (κ3) is 4.65. The Balaban J connectivity index is 1.83. The normalized spacial score (nSPS) is 11.5. The number of hydrogen-bond acceptors (Lipinski definition) is 6. The SMILES string of the molecule is Cc1[nH]c2ccc(CCOS(C)(=O)=O)cc2c1C(=O)OC(=O)c1ccccc1. The van der Waals surface area contributed by atoms with Gasteiger partial charge in [-0.2, -0.15) is 8.42 Å². The Hall–Kier alpha value is -2.97. The van der Waals surface area contributed by atoms with Crippen molar-refractivity contribution in [3.8, 4) is 0 Å². The molecule has 3 aromatic rings. The standard InChI is InChI=1S/C20H19NO6S/c1-13-18(20(23)27-19(22)15-6-4-3-5-7-15)16-12-14(8-9-17(16)21-13)10-11-26-28(2,24)25/h3-9,12,21H,10-11H2,1-2H3. The summed E-state index contributed by atoms with van der Waals surface area (Å²) >= 11 is 0. The van der Waals surface area contributed by atoms with Crippen LogP contribution in [0.1, 0.15) is 32.0 Å². The molecule has 8 heteroatoms. The summed E-state index contributed by atoms with van der Waals surface area (Å²) in [5.41, 5.74) is 2.63. The number of benzene rings is 2. The van der Waals surface area contributed by atoms with Gasteiger partial charge >= 0.3 is 11.9 Å². The second-order valence-electron chi connectivity index (χ2n) is 6.32. The van der Waals surface area contributed by atoms with Crippen molar-refractivity contribution in [2.45, 2.75) is 13.3 Å². The zero-order valence-electron chi connectivity index (χ0n) is 15.4. The lowest BCUT2D eigenvalue weighted by Gasteiger charge is -2.05. The smallest absolute Gasteiger partial charge is 0.348 e. The summed E-state index contributed by atoms with van der Waals surface area (Å²) in [7, 11) is -3.51. The summed E-state index contributed by atoms with van der Waals surface area (Å²) in [5, 5.41) is 0.597. The van der Waals surface area contributed by atoms with E-state index in [0.717, 1.165) is 11.8 Å². The van der Waals surface area contributed by atoms with Crippen molar-refractivity contribution in [2.24, 2.45) is 0 Å². The minimum Gasteiger partial charge on any atom is -0.386 e. The Morgan fingerprint density at radius 1 is 1.04 bits per heavy atom. The van der Waals surface area contributed by atoms with E-state index >= 15 is 0 Å². The lowest BCUT2D eigenvalue weighted by atomic mass is 10.1. The van der Waals surface area contributed by atoms with Crippen molar-refractivity contribution >= 4 is 33.0 Å². The van der Waals surface area contributed by atoms with Crippen LogP contribution in [0, 0.1) is 6.92 Å². The van der Waals surface area contributed by atoms with Gasteiger partial charge in [-0.25, -0.2) is 9.59 Å². The summed E-state index contributed by atoms with van der Waals surface area (Å²) < 4.78 is 32.0. The first-order valence-corrected chi connectivity index (χ1v) is 10.3. The molecule has 2 aromatic carbocycles. The van der Waals surface area contributed by atoms with Crippen molar-refractivity contribution in [1.82, 2.24) is 4.98 Å². The Bertz CT molecular complexity index is 1130. The van der Waals surface area contributed by atoms with Crippen molar-refractivity contribution in [3.63, 3.8) is 0 Å². The van der Waals surface area contributed by atoms with Crippen LogP contribution in [0.3, 0.4) is 0 Å². The maximum atomic E-state index is 12.6. The van der Waals surface area contributed by atoms with Gasteiger partial charge in [-0.3, -0.25) is 4.18 Å². The fraction of sp³-hybridized carbons (Fsp3) is 0.200. The van der Waals surface area contributed by atoms with Gasteiger partial charge in [0.1, 0.15) is 0 Å². The highest BCUT2D eigenvalue weighted by Crippen LogP contribution is 2.25. The van der Waals surface area contributed by atoms with Crippen molar-refractivity contribution in [1.29, 1.82) is 0 Å². The lowest BCUT2D eigenvalue weighted by Crippen LogP contribution is -2.13. The van der Waals surface area contributed by atoms with Crippen LogP contribution in [-0.4, -0.2) is 38.2 Å². The summed E-state index contributed by atoms with van der Waals surface area (Å²) in [5.74, 6) is -1.47. The Kier molecular flexibility index (Phi) is 5.62. The molecule has 0 aliphatic carbocycles. The van der Waals surface area contributed by atoms with Gasteiger partial charge in [-0.15, -0.1) is 0 Å². The first-order valence-electron chi connectivity index (χ1n) is 8.52. The number of rotatable bonds is 6. The van der Waals surface area contributed by atoms with E-state index in [4.69, 9.17) is 8.92 Å². The number of hydrogen-bond donors (Lipinski definition) is 1. The van der Waals surface area contributed by atoms with Gasteiger partial charge in [-0.1, -0.05) is 24.3 Å². The molecule has 28 heavy (non-hydrogen) atoms. The topological polar surface area (TPSA) is 103 Å². The number of aromatic nitrogens is 1. The highest BCUT2D eigenvalue weighted by Gasteiger charge is 2.21. The van der Waals surface area contributed by atoms with E-state index in [-0.39, 0.29) is 17.7 Å². The van der Waals surface area contributed by atoms with E-state index in [1.807, 2.05) is 6.07 Å². The number of esters is 2. The van der Waals surface area contributed by atoms with Gasteiger partial charge in [0.05, 0.1) is 24.0 Å². The molecule has 0 bridgehead atoms. The minimum absolute atomic E-state index is 0.0000177. The van der Waals surface area contributed by atoms with Gasteiger partial charge in [-0.05, 0) is 43.2 Å². The molecule has 0 spiro atoms. The molecule has 1 aromatic heterocycles. The first-order chi connectivity index (χ1) is 13.2. The quantitative estimate of drug-likeness (QED) is 0.387. The van der Waals surface area contributed by atoms with Crippen LogP contribution in [-0.2, 0) is 25.5 Å². The van der Waals surface area contributed by atoms with E-state index in [1.54, 1.807) is 49.4 Å². The fourth-order valence-corrected chi connectivity index (χ4v) is 3.26. The molecular formula is C20H19NO6S. The molecule has 0 saturated carbocycles. The molecule has 0 amide bonds. The molecule has 1 heterocycles. The van der Waals surface area contributed by atoms with Gasteiger partial charge in [0.25, 0.3) is 10.1 Å². The van der Waals surface area contributed by atoms with E-state index in [0.29, 0.717) is 23.0 Å². The molecule has 146 valence electrons. The zero-order chi connectivity index (χ0) is 20.3. The summed E-state index contributed by atoms with van der Waals surface area (Å²) in [6.45, 7) is 1.72. The first kappa shape index (κ1) is 19.8. The van der Waals surface area contributed by atoms with Crippen molar-refractivity contribution in [3.05, 3.63) is 70.9 Å². The number of fused-ring (bicyclic) bond motifs is 1. The fourth-order valence-electron chi connectivity index (χ4n) is 2.87. The maximum Gasteiger partial charge on any atom is 0.348 e. The van der Waals surface area contributed by atoms with Crippen LogP contribution in [0.2, 0.25) is 0 Å². The van der Waals surface area contributed by atoms with E-state index in [9.17, 15) is 18.0 Å². The number of nitrogens with one attached hydrogen (secondary N) is 1. The Morgan fingerprint density at radius 3 is 2.43 bits per heavy atom. The molecular weight excluding hydrogens is 382 g/mol. The average molecular weight is 401 g/mol. The molecule has 1 N–H and O–H groups in total. The number of aromatic amines is 1. The van der Waals surface area contributed by atoms with Crippen LogP contribution < -0.4 is 0 Å². The predicted octanol–water partition coefficient (Wildman–Crippen LogP) is 2.99. The number of aryl methyl sites for hydroxylation is 1. The second-order valence-corrected chi connectivity index (χ2v) is 7.97. The van der Waals surface area contributed by atoms with Gasteiger partial charge in [0.2, 0.25) is 0 Å². The number of ether oxygens (including phenoxy) is 1. The number of carbonyl (C=O) groups excluding carboxylic acids is 2. The number of carbonyl (C=O) groups is 2. The van der Waals surface area contributed by atoms with Gasteiger partial charge < -0.3 is 9.72 Å². The summed E-state index contributed by atoms with van der Waals surface area (Å²) in [6, 6.07) is 13.6. The molecule has 0 saturated heterocycles. The molecule has 7 nitrogen and oxygen atoms in total. The highest BCUT2D eigenvalue weighted by atomic mass is 32.2. The predicted molar refractivity (Wildman–Crippen MR) is 104 cm³/mol. The minimum atomic E-state index is -3.51.